The van der Waals surface area contributed by atoms with Crippen LogP contribution in [0.1, 0.15) is 146 Å². The van der Waals surface area contributed by atoms with E-state index < -0.39 is 80.5 Å². The average molecular weight is 1970 g/mol. The van der Waals surface area contributed by atoms with Crippen molar-refractivity contribution in [3.8, 4) is 0 Å². The summed E-state index contributed by atoms with van der Waals surface area (Å²) in [6, 6.07) is 25.9. The van der Waals surface area contributed by atoms with Crippen molar-refractivity contribution in [2.75, 3.05) is 27.9 Å². The Balaban J connectivity index is 0.00000112. The Hall–Kier alpha value is -2.49. The molecule has 4 aliphatic rings. The Labute approximate surface area is 609 Å². The van der Waals surface area contributed by atoms with Gasteiger partial charge in [0, 0.05) is 63.3 Å². The first-order valence-corrected chi connectivity index (χ1v) is 47.6. The van der Waals surface area contributed by atoms with Gasteiger partial charge in [0.2, 0.25) is 0 Å². The molecule has 0 bridgehead atoms. The van der Waals surface area contributed by atoms with Crippen molar-refractivity contribution in [1.82, 2.24) is 0 Å². The number of methoxy groups -OCH3 is 3. The number of hydrogen-bond donors (Lipinski definition) is 9. The van der Waals surface area contributed by atoms with Gasteiger partial charge in [-0.2, -0.15) is 0 Å². The monoisotopic (exact) mass is 1970 g/mol. The van der Waals surface area contributed by atoms with Crippen molar-refractivity contribution >= 4 is 141 Å². The van der Waals surface area contributed by atoms with Gasteiger partial charge in [-0.05, 0) is 96.0 Å². The number of ether oxygens (including phenoxy) is 8. The number of benzene rings is 4. The van der Waals surface area contributed by atoms with Gasteiger partial charge in [-0.25, -0.2) is 19.2 Å². The van der Waals surface area contributed by atoms with Gasteiger partial charge in [0.15, 0.2) is 0 Å². The molecule has 4 aliphatic heterocycles. The summed E-state index contributed by atoms with van der Waals surface area (Å²) in [6.07, 6.45) is 1.49. The molecule has 0 spiro atoms. The number of rotatable bonds is 13. The van der Waals surface area contributed by atoms with Crippen LogP contribution in [-0.4, -0.2) is 172 Å². The maximum atomic E-state index is 11.6. The van der Waals surface area contributed by atoms with Crippen LogP contribution in [0.4, 0.5) is 0 Å². The van der Waals surface area contributed by atoms with Gasteiger partial charge in [-0.1, -0.05) is 102 Å². The van der Waals surface area contributed by atoms with Crippen molar-refractivity contribution in [3.05, 3.63) is 160 Å². The topological polar surface area (TPSA) is 341 Å². The number of halogens is 6. The van der Waals surface area contributed by atoms with E-state index in [9.17, 15) is 49.5 Å². The van der Waals surface area contributed by atoms with Crippen molar-refractivity contribution in [2.45, 2.75) is 147 Å². The van der Waals surface area contributed by atoms with Gasteiger partial charge in [0.1, 0.15) is 61.0 Å². The molecule has 16 atom stereocenters. The van der Waals surface area contributed by atoms with Crippen LogP contribution in [-0.2, 0) is 42.7 Å². The summed E-state index contributed by atoms with van der Waals surface area (Å²) in [4.78, 5) is 55.8. The van der Waals surface area contributed by atoms with Gasteiger partial charge in [0.05, 0.1) is 74.8 Å². The molecule has 2 saturated heterocycles. The molecule has 4 aromatic rings. The van der Waals surface area contributed by atoms with Crippen LogP contribution in [0.2, 0.25) is 0 Å². The van der Waals surface area contributed by atoms with E-state index >= 15 is 0 Å². The molecular weight excluding hydrogens is 1880 g/mol. The number of carbonyl (C=O) groups is 5. The largest absolute Gasteiger partial charge is 0.478 e. The van der Waals surface area contributed by atoms with E-state index in [0.29, 0.717) is 47.0 Å². The number of carbonyl (C=O) groups excluding carboxylic acids is 4. The minimum Gasteiger partial charge on any atom is -0.478 e. The number of aliphatic hydroxyl groups excluding tert-OH is 6. The first-order chi connectivity index (χ1) is 43.3. The zero-order chi connectivity index (χ0) is 68.7. The molecule has 0 aromatic heterocycles. The number of aliphatic hydroxyl groups is 6. The second kappa shape index (κ2) is 46.7. The third-order valence-electron chi connectivity index (χ3n) is 15.0. The normalized spacial score (nSPS) is 26.5. The van der Waals surface area contributed by atoms with Gasteiger partial charge >= 0.3 is 87.5 Å². The van der Waals surface area contributed by atoms with Crippen LogP contribution in [0.3, 0.4) is 0 Å². The number of carboxylic acid groups (broad SMARTS) is 1. The molecule has 0 amide bonds. The predicted molar refractivity (Wildman–Crippen MR) is 387 cm³/mol. The SMILES string of the molecule is CC[C@H]1OC=C[C@@H](OC(C)=O)[C@@H]1C.CC[C@H]1O[C@H](c2cccc(C(=O)OC)c2)C=C[C@@H]1C.CC[C@H]1O[C@H](c2cccc(C(=O)OC)c2)[C@@H](O)[C@@H](O)[C@@H]1C.COC(=O)c1cccc(B(O)O)c1.I.II.I[I-]I.O=C(O)c1cccc([C@H]2O[C@H](CO)[C@@H](O)[C@H](O)[C@@H]2O)c1.[2HH]. The van der Waals surface area contributed by atoms with E-state index in [2.05, 4.69) is 112 Å². The third kappa shape index (κ3) is 27.4. The quantitative estimate of drug-likeness (QED) is 0.0226. The molecule has 4 heterocycles. The maximum absolute atomic E-state index is 11.6. The van der Waals surface area contributed by atoms with Crippen LogP contribution in [0, 0.1) is 17.8 Å². The Bertz CT molecular complexity index is 2910. The molecule has 0 radical (unpaired) electrons. The van der Waals surface area contributed by atoms with E-state index in [-0.39, 0.29) is 90.7 Å². The van der Waals surface area contributed by atoms with Crippen molar-refractivity contribution < 1.29 is 122 Å². The second-order valence-corrected chi connectivity index (χ2v) is 37.1. The average Bonchev–Trinajstić information content (AvgIpc) is 0.876. The van der Waals surface area contributed by atoms with E-state index in [1.54, 1.807) is 54.8 Å². The molecule has 4 aromatic carbocycles. The van der Waals surface area contributed by atoms with Gasteiger partial charge < -0.3 is 83.7 Å². The molecule has 516 valence electrons. The number of esters is 4. The number of carboxylic acids is 1. The second-order valence-electron chi connectivity index (χ2n) is 20.9. The molecule has 0 aliphatic carbocycles. The molecule has 9 N–H and O–H groups in total. The minimum absolute atomic E-state index is 0. The van der Waals surface area contributed by atoms with Crippen LogP contribution < -0.4 is 18.7 Å². The van der Waals surface area contributed by atoms with E-state index in [1.165, 1.54) is 64.7 Å². The van der Waals surface area contributed by atoms with Gasteiger partial charge in [0.25, 0.3) is 0 Å². The molecule has 2 fully saturated rings. The Morgan fingerprint density at radius 2 is 1.00 bits per heavy atom. The molecule has 0 unspecified atom stereocenters. The Morgan fingerprint density at radius 1 is 0.565 bits per heavy atom. The zero-order valence-electron chi connectivity index (χ0n) is 52.3. The zero-order valence-corrected chi connectivity index (χ0v) is 65.4. The summed E-state index contributed by atoms with van der Waals surface area (Å²) in [5.41, 5.74) is 3.53. The Morgan fingerprint density at radius 3 is 1.46 bits per heavy atom. The van der Waals surface area contributed by atoms with Crippen LogP contribution >= 0.6 is 98.4 Å². The Kier molecular flexibility index (Phi) is 44.4. The fraction of sp³-hybridized carbons (Fsp3) is 0.476. The van der Waals surface area contributed by atoms with E-state index in [4.69, 9.17) is 53.4 Å². The van der Waals surface area contributed by atoms with Crippen LogP contribution in [0.15, 0.2) is 122 Å². The molecule has 0 saturated carbocycles. The standard InChI is InChI=1S/C16H22O5.C16H20O3.C13H16O7.C10H16O3.C8H9BO4.I3.I2.HI.H2/c1-4-12-9(2)13(17)14(18)15(21-12)10-6-5-7-11(8-10)16(19)20-3;1-4-14-11(2)8-9-15(19-14)12-6-5-7-13(10-12)16(17)18-3;14-5-8-9(15)10(16)11(17)12(20-8)6-2-1-3-7(4-6)13(18)19;1-4-9-7(2)10(5-6-12-9)13-8(3)11;1-13-8(10)6-3-2-4-7(5-6)9(11)12;1-3-2;1-2;;/h5-9,12-15,17-18H,4H2,1-3H3;5-11,14-15H,4H2,1-3H3;1-4,8-12,14-17H,5H2,(H,18,19);5-7,9-10H,4H2,1-3H3;2-5,11-12H,1H3;;;2*1H/q;;;;;-1;;;/t9-,12-,13+,14+,15-;11-,14+,15-;8-,9-,10+,11+,12-;7-,9-,10-;;;;;/m1011...../s1/i;;;;;;;;1+1. The maximum Gasteiger partial charge on any atom is 0.335 e. The summed E-state index contributed by atoms with van der Waals surface area (Å²) in [7, 11) is 2.41. The molecule has 29 heteroatoms. The number of aromatic carboxylic acids is 1. The third-order valence-corrected chi connectivity index (χ3v) is 15.0. The predicted octanol–water partition coefficient (Wildman–Crippen LogP) is 6.54. The molecule has 8 rings (SSSR count). The summed E-state index contributed by atoms with van der Waals surface area (Å²) in [5.74, 6) is -2.09. The fourth-order valence-electron chi connectivity index (χ4n) is 9.89. The molecular formula is C63H86BI6O22-. The van der Waals surface area contributed by atoms with Gasteiger partial charge in [-0.3, -0.25) is 4.79 Å². The molecule has 92 heavy (non-hydrogen) atoms. The summed E-state index contributed by atoms with van der Waals surface area (Å²) >= 11 is 9.54. The fourth-order valence-corrected chi connectivity index (χ4v) is 9.89. The first kappa shape index (κ1) is 87.5. The summed E-state index contributed by atoms with van der Waals surface area (Å²) in [5, 5.41) is 85.4. The number of hydrogen-bond acceptors (Lipinski definition) is 21. The van der Waals surface area contributed by atoms with E-state index in [0.717, 1.165) is 24.8 Å². The van der Waals surface area contributed by atoms with Crippen LogP contribution in [0.5, 0.6) is 0 Å². The van der Waals surface area contributed by atoms with Crippen molar-refractivity contribution in [3.63, 3.8) is 0 Å². The summed E-state index contributed by atoms with van der Waals surface area (Å²) < 4.78 is 41.7. The van der Waals surface area contributed by atoms with Crippen molar-refractivity contribution in [2.24, 2.45) is 17.8 Å². The minimum atomic E-state index is -1.57. The van der Waals surface area contributed by atoms with Gasteiger partial charge in [-0.15, -0.1) is 24.0 Å². The van der Waals surface area contributed by atoms with E-state index in [1.807, 2.05) is 39.0 Å². The van der Waals surface area contributed by atoms with Crippen molar-refractivity contribution in [1.29, 1.82) is 0 Å². The molecule has 22 nitrogen and oxygen atoms in total. The summed E-state index contributed by atoms with van der Waals surface area (Å²) in [6.45, 7) is 13.1. The smallest absolute Gasteiger partial charge is 0.335 e. The van der Waals surface area contributed by atoms with Crippen LogP contribution in [0.25, 0.3) is 0 Å². The first-order valence-electron chi connectivity index (χ1n) is 28.7.